The van der Waals surface area contributed by atoms with E-state index in [4.69, 9.17) is 10.5 Å². The first-order valence-electron chi connectivity index (χ1n) is 6.19. The molecule has 100 valence electrons. The number of nitrogens with zero attached hydrogens (tertiary/aromatic N) is 2. The molecule has 3 aromatic rings. The van der Waals surface area contributed by atoms with Gasteiger partial charge >= 0.3 is 0 Å². The van der Waals surface area contributed by atoms with Gasteiger partial charge in [0.25, 0.3) is 0 Å². The molecule has 3 N–H and O–H groups in total. The number of anilines is 3. The lowest BCUT2D eigenvalue weighted by atomic mass is 10.2. The maximum atomic E-state index is 5.94. The number of ether oxygens (including phenoxy) is 1. The molecule has 0 saturated heterocycles. The molecule has 0 aliphatic rings. The summed E-state index contributed by atoms with van der Waals surface area (Å²) in [5.74, 6) is 1.08. The van der Waals surface area contributed by atoms with Crippen LogP contribution in [0.4, 0.5) is 17.2 Å². The predicted molar refractivity (Wildman–Crippen MR) is 80.2 cm³/mol. The number of methoxy groups -OCH3 is 1. The molecule has 0 aliphatic heterocycles. The third kappa shape index (κ3) is 2.21. The Bertz CT molecular complexity index is 752. The monoisotopic (exact) mass is 266 g/mol. The van der Waals surface area contributed by atoms with Crippen molar-refractivity contribution in [3.05, 3.63) is 48.7 Å². The van der Waals surface area contributed by atoms with Gasteiger partial charge in [0.2, 0.25) is 5.88 Å². The second-order valence-electron chi connectivity index (χ2n) is 4.29. The summed E-state index contributed by atoms with van der Waals surface area (Å²) in [5, 5.41) is 4.25. The lowest BCUT2D eigenvalue weighted by molar-refractivity contribution is 0.398. The molecule has 5 heteroatoms. The minimum absolute atomic E-state index is 0.514. The fourth-order valence-corrected chi connectivity index (χ4v) is 2.01. The molecule has 0 saturated carbocycles. The number of hydrogen-bond acceptors (Lipinski definition) is 5. The molecule has 3 rings (SSSR count). The summed E-state index contributed by atoms with van der Waals surface area (Å²) in [6.45, 7) is 0. The van der Waals surface area contributed by atoms with Crippen molar-refractivity contribution >= 4 is 28.1 Å². The molecular formula is C15H14N4O. The van der Waals surface area contributed by atoms with Crippen LogP contribution in [0.15, 0.2) is 48.7 Å². The average molecular weight is 266 g/mol. The van der Waals surface area contributed by atoms with Crippen LogP contribution in [0.25, 0.3) is 10.9 Å². The minimum atomic E-state index is 0.514. The van der Waals surface area contributed by atoms with Crippen molar-refractivity contribution in [3.63, 3.8) is 0 Å². The van der Waals surface area contributed by atoms with Gasteiger partial charge in [0, 0.05) is 23.3 Å². The summed E-state index contributed by atoms with van der Waals surface area (Å²) in [4.78, 5) is 8.64. The van der Waals surface area contributed by atoms with Crippen LogP contribution in [0.3, 0.4) is 0 Å². The molecule has 0 aliphatic carbocycles. The average Bonchev–Trinajstić information content (AvgIpc) is 2.50. The van der Waals surface area contributed by atoms with Gasteiger partial charge < -0.3 is 15.8 Å². The Hall–Kier alpha value is -2.82. The molecule has 0 fully saturated rings. The van der Waals surface area contributed by atoms with Crippen LogP contribution < -0.4 is 15.8 Å². The molecule has 0 amide bonds. The molecular weight excluding hydrogens is 252 g/mol. The van der Waals surface area contributed by atoms with Crippen molar-refractivity contribution in [1.29, 1.82) is 0 Å². The van der Waals surface area contributed by atoms with Gasteiger partial charge in [-0.05, 0) is 30.3 Å². The summed E-state index contributed by atoms with van der Waals surface area (Å²) in [6.07, 6.45) is 1.77. The first-order chi connectivity index (χ1) is 9.78. The third-order valence-corrected chi connectivity index (χ3v) is 3.01. The van der Waals surface area contributed by atoms with E-state index in [1.165, 1.54) is 0 Å². The Kier molecular flexibility index (Phi) is 3.09. The fourth-order valence-electron chi connectivity index (χ4n) is 2.01. The number of rotatable bonds is 3. The number of nitrogens with one attached hydrogen (secondary N) is 1. The molecule has 0 bridgehead atoms. The molecule has 1 aromatic carbocycles. The SMILES string of the molecule is COc1ccc(N)c(Nc2cccc3ncccc23)n1. The fraction of sp³-hybridized carbons (Fsp3) is 0.0667. The number of fused-ring (bicyclic) bond motifs is 1. The summed E-state index contributed by atoms with van der Waals surface area (Å²) < 4.78 is 5.12. The standard InChI is InChI=1S/C15H14N4O/c1-20-14-8-7-11(16)15(19-14)18-13-6-2-5-12-10(13)4-3-9-17-12/h2-9H,16H2,1H3,(H,18,19). The van der Waals surface area contributed by atoms with Crippen molar-refractivity contribution in [1.82, 2.24) is 9.97 Å². The van der Waals surface area contributed by atoms with Crippen molar-refractivity contribution in [2.45, 2.75) is 0 Å². The molecule has 0 unspecified atom stereocenters. The third-order valence-electron chi connectivity index (χ3n) is 3.01. The minimum Gasteiger partial charge on any atom is -0.481 e. The zero-order valence-corrected chi connectivity index (χ0v) is 11.0. The lowest BCUT2D eigenvalue weighted by Gasteiger charge is -2.11. The van der Waals surface area contributed by atoms with Crippen LogP contribution in [-0.2, 0) is 0 Å². The molecule has 5 nitrogen and oxygen atoms in total. The molecule has 0 radical (unpaired) electrons. The Morgan fingerprint density at radius 1 is 1.10 bits per heavy atom. The van der Waals surface area contributed by atoms with Crippen LogP contribution in [0, 0.1) is 0 Å². The normalized spacial score (nSPS) is 10.4. The van der Waals surface area contributed by atoms with E-state index >= 15 is 0 Å². The van der Waals surface area contributed by atoms with E-state index in [0.29, 0.717) is 17.4 Å². The van der Waals surface area contributed by atoms with Gasteiger partial charge in [0.15, 0.2) is 5.82 Å². The van der Waals surface area contributed by atoms with Gasteiger partial charge in [-0.2, -0.15) is 4.98 Å². The summed E-state index contributed by atoms with van der Waals surface area (Å²) in [5.41, 5.74) is 8.32. The van der Waals surface area contributed by atoms with Crippen LogP contribution >= 0.6 is 0 Å². The van der Waals surface area contributed by atoms with Crippen LogP contribution in [0.2, 0.25) is 0 Å². The van der Waals surface area contributed by atoms with E-state index in [1.807, 2.05) is 30.3 Å². The maximum Gasteiger partial charge on any atom is 0.215 e. The smallest absolute Gasteiger partial charge is 0.215 e. The van der Waals surface area contributed by atoms with E-state index < -0.39 is 0 Å². The number of nitrogens with two attached hydrogens (primary N) is 1. The predicted octanol–water partition coefficient (Wildman–Crippen LogP) is 2.96. The van der Waals surface area contributed by atoms with Crippen molar-refractivity contribution in [2.75, 3.05) is 18.2 Å². The summed E-state index contributed by atoms with van der Waals surface area (Å²) in [6, 6.07) is 13.3. The van der Waals surface area contributed by atoms with Gasteiger partial charge in [-0.1, -0.05) is 6.07 Å². The van der Waals surface area contributed by atoms with Gasteiger partial charge in [-0.3, -0.25) is 4.98 Å². The van der Waals surface area contributed by atoms with Crippen molar-refractivity contribution in [2.24, 2.45) is 0 Å². The number of nitrogen functional groups attached to an aromatic ring is 1. The topological polar surface area (TPSA) is 73.1 Å². The van der Waals surface area contributed by atoms with E-state index in [1.54, 1.807) is 25.4 Å². The van der Waals surface area contributed by atoms with E-state index in [2.05, 4.69) is 15.3 Å². The van der Waals surface area contributed by atoms with Crippen molar-refractivity contribution in [3.8, 4) is 5.88 Å². The van der Waals surface area contributed by atoms with Gasteiger partial charge in [-0.15, -0.1) is 0 Å². The quantitative estimate of drug-likeness (QED) is 0.762. The Labute approximate surface area is 116 Å². The Morgan fingerprint density at radius 3 is 2.85 bits per heavy atom. The van der Waals surface area contributed by atoms with Gasteiger partial charge in [0.1, 0.15) is 0 Å². The first-order valence-corrected chi connectivity index (χ1v) is 6.19. The second kappa shape index (κ2) is 5.05. The Morgan fingerprint density at radius 2 is 2.00 bits per heavy atom. The highest BCUT2D eigenvalue weighted by Gasteiger charge is 2.06. The van der Waals surface area contributed by atoms with Gasteiger partial charge in [-0.25, -0.2) is 0 Å². The first kappa shape index (κ1) is 12.2. The van der Waals surface area contributed by atoms with E-state index in [0.717, 1.165) is 16.6 Å². The number of hydrogen-bond donors (Lipinski definition) is 2. The van der Waals surface area contributed by atoms with Crippen LogP contribution in [-0.4, -0.2) is 17.1 Å². The molecule has 2 aromatic heterocycles. The highest BCUT2D eigenvalue weighted by molar-refractivity contribution is 5.93. The lowest BCUT2D eigenvalue weighted by Crippen LogP contribution is -2.01. The molecule has 0 spiro atoms. The number of pyridine rings is 2. The van der Waals surface area contributed by atoms with E-state index in [-0.39, 0.29) is 0 Å². The van der Waals surface area contributed by atoms with Crippen LogP contribution in [0.1, 0.15) is 0 Å². The highest BCUT2D eigenvalue weighted by atomic mass is 16.5. The molecule has 0 atom stereocenters. The zero-order chi connectivity index (χ0) is 13.9. The summed E-state index contributed by atoms with van der Waals surface area (Å²) >= 11 is 0. The second-order valence-corrected chi connectivity index (χ2v) is 4.29. The van der Waals surface area contributed by atoms with Crippen LogP contribution in [0.5, 0.6) is 5.88 Å². The maximum absolute atomic E-state index is 5.94. The zero-order valence-electron chi connectivity index (χ0n) is 11.0. The molecule has 2 heterocycles. The highest BCUT2D eigenvalue weighted by Crippen LogP contribution is 2.28. The van der Waals surface area contributed by atoms with Crippen molar-refractivity contribution < 1.29 is 4.74 Å². The number of aromatic nitrogens is 2. The van der Waals surface area contributed by atoms with Gasteiger partial charge in [0.05, 0.1) is 18.3 Å². The largest absolute Gasteiger partial charge is 0.481 e. The summed E-state index contributed by atoms with van der Waals surface area (Å²) in [7, 11) is 1.57. The Balaban J connectivity index is 2.05. The number of benzene rings is 1. The van der Waals surface area contributed by atoms with E-state index in [9.17, 15) is 0 Å². The molecule has 20 heavy (non-hydrogen) atoms.